The van der Waals surface area contributed by atoms with Gasteiger partial charge in [-0.05, 0) is 18.6 Å². The van der Waals surface area contributed by atoms with Crippen LogP contribution in [0.15, 0.2) is 36.7 Å². The topological polar surface area (TPSA) is 91.0 Å². The number of esters is 1. The van der Waals surface area contributed by atoms with Crippen LogP contribution in [0.3, 0.4) is 0 Å². The molecule has 0 bridgehead atoms. The number of ether oxygens (including phenoxy) is 1. The highest BCUT2D eigenvalue weighted by molar-refractivity contribution is 6.32. The van der Waals surface area contributed by atoms with Gasteiger partial charge in [0.1, 0.15) is 6.61 Å². The number of hydrogen-bond acceptors (Lipinski definition) is 6. The minimum Gasteiger partial charge on any atom is -0.454 e. The molecule has 2 aromatic heterocycles. The van der Waals surface area contributed by atoms with Gasteiger partial charge in [-0.3, -0.25) is 0 Å². The van der Waals surface area contributed by atoms with E-state index in [-0.39, 0.29) is 18.1 Å². The van der Waals surface area contributed by atoms with Crippen molar-refractivity contribution in [3.63, 3.8) is 0 Å². The van der Waals surface area contributed by atoms with Gasteiger partial charge in [0.15, 0.2) is 11.5 Å². The number of carbonyl (C=O) groups is 1. The van der Waals surface area contributed by atoms with E-state index in [9.17, 15) is 4.79 Å². The quantitative estimate of drug-likeness (QED) is 0.743. The predicted octanol–water partition coefficient (Wildman–Crippen LogP) is 2.93. The molecule has 3 aromatic rings. The van der Waals surface area contributed by atoms with Crippen LogP contribution in [0.2, 0.25) is 5.02 Å². The highest BCUT2D eigenvalue weighted by Crippen LogP contribution is 2.27. The first-order chi connectivity index (χ1) is 11.1. The van der Waals surface area contributed by atoms with Gasteiger partial charge in [0.25, 0.3) is 0 Å². The zero-order valence-electron chi connectivity index (χ0n) is 12.3. The van der Waals surface area contributed by atoms with E-state index in [0.29, 0.717) is 10.7 Å². The lowest BCUT2D eigenvalue weighted by Gasteiger charge is -2.10. The smallest absolute Gasteiger partial charge is 0.361 e. The normalized spacial score (nSPS) is 10.7. The molecular weight excluding hydrogens is 316 g/mol. The lowest BCUT2D eigenvalue weighted by Crippen LogP contribution is -2.12. The minimum atomic E-state index is -0.667. The van der Waals surface area contributed by atoms with Crippen LogP contribution in [-0.2, 0) is 11.3 Å². The molecule has 7 heteroatoms. The first kappa shape index (κ1) is 15.2. The number of hydrogen-bond donors (Lipinski definition) is 1. The van der Waals surface area contributed by atoms with Gasteiger partial charge in [-0.15, -0.1) is 0 Å². The summed E-state index contributed by atoms with van der Waals surface area (Å²) in [7, 11) is 0. The van der Waals surface area contributed by atoms with Crippen molar-refractivity contribution in [3.05, 3.63) is 58.6 Å². The number of carbonyl (C=O) groups excluding carboxylic acids is 1. The summed E-state index contributed by atoms with van der Waals surface area (Å²) in [6.07, 6.45) is 2.77. The van der Waals surface area contributed by atoms with E-state index in [1.54, 1.807) is 0 Å². The van der Waals surface area contributed by atoms with Gasteiger partial charge in [-0.25, -0.2) is 19.7 Å². The molecule has 0 amide bonds. The number of nitrogens with zero attached hydrogens (tertiary/aromatic N) is 3. The average molecular weight is 329 g/mol. The highest BCUT2D eigenvalue weighted by atomic mass is 35.5. The van der Waals surface area contributed by atoms with Crippen molar-refractivity contribution in [1.82, 2.24) is 15.0 Å². The molecule has 0 saturated heterocycles. The first-order valence-corrected chi connectivity index (χ1v) is 7.23. The summed E-state index contributed by atoms with van der Waals surface area (Å²) in [6, 6.07) is 7.63. The molecule has 0 spiro atoms. The molecule has 6 nitrogen and oxygen atoms in total. The Labute approximate surface area is 137 Å². The Morgan fingerprint density at radius 1 is 1.26 bits per heavy atom. The molecule has 2 heterocycles. The van der Waals surface area contributed by atoms with Crippen LogP contribution in [0.25, 0.3) is 10.9 Å². The van der Waals surface area contributed by atoms with Crippen LogP contribution >= 0.6 is 11.6 Å². The van der Waals surface area contributed by atoms with Crippen molar-refractivity contribution in [2.45, 2.75) is 13.5 Å². The SMILES string of the molecule is Cc1c(Cl)c(COC(=O)c2nccnc2N)nc2ccccc12. The molecule has 0 unspecified atom stereocenters. The van der Waals surface area contributed by atoms with Gasteiger partial charge in [-0.1, -0.05) is 29.8 Å². The van der Waals surface area contributed by atoms with Crippen LogP contribution in [0.4, 0.5) is 5.82 Å². The number of fused-ring (bicyclic) bond motifs is 1. The number of halogens is 1. The third kappa shape index (κ3) is 2.93. The van der Waals surface area contributed by atoms with Crippen molar-refractivity contribution < 1.29 is 9.53 Å². The van der Waals surface area contributed by atoms with Crippen LogP contribution in [0.5, 0.6) is 0 Å². The molecule has 0 aliphatic rings. The van der Waals surface area contributed by atoms with Gasteiger partial charge >= 0.3 is 5.97 Å². The third-order valence-corrected chi connectivity index (χ3v) is 3.91. The van der Waals surface area contributed by atoms with Crippen molar-refractivity contribution in [2.75, 3.05) is 5.73 Å². The Bertz CT molecular complexity index is 898. The summed E-state index contributed by atoms with van der Waals surface area (Å²) in [5.41, 5.74) is 7.74. The summed E-state index contributed by atoms with van der Waals surface area (Å²) in [5, 5.41) is 1.44. The summed E-state index contributed by atoms with van der Waals surface area (Å²) in [5.74, 6) is -0.648. The van der Waals surface area contributed by atoms with Gasteiger partial charge in [0, 0.05) is 17.8 Å². The Hall–Kier alpha value is -2.73. The number of aryl methyl sites for hydroxylation is 1. The third-order valence-electron chi connectivity index (χ3n) is 3.41. The Balaban J connectivity index is 1.86. The average Bonchev–Trinajstić information content (AvgIpc) is 2.57. The van der Waals surface area contributed by atoms with Crippen LogP contribution in [-0.4, -0.2) is 20.9 Å². The maximum atomic E-state index is 12.0. The zero-order valence-corrected chi connectivity index (χ0v) is 13.0. The molecule has 2 N–H and O–H groups in total. The predicted molar refractivity (Wildman–Crippen MR) is 87.1 cm³/mol. The molecule has 0 aliphatic carbocycles. The number of nitrogens with two attached hydrogens (primary N) is 1. The van der Waals surface area contributed by atoms with Gasteiger partial charge in [0.05, 0.1) is 16.2 Å². The molecule has 116 valence electrons. The zero-order chi connectivity index (χ0) is 16.4. The molecule has 1 aromatic carbocycles. The Morgan fingerprint density at radius 3 is 2.78 bits per heavy atom. The minimum absolute atomic E-state index is 0.0197. The van der Waals surface area contributed by atoms with E-state index >= 15 is 0 Å². The number of benzene rings is 1. The number of nitrogen functional groups attached to an aromatic ring is 1. The lowest BCUT2D eigenvalue weighted by molar-refractivity contribution is 0.0462. The van der Waals surface area contributed by atoms with E-state index in [0.717, 1.165) is 16.5 Å². The van der Waals surface area contributed by atoms with E-state index in [1.807, 2.05) is 31.2 Å². The standard InChI is InChI=1S/C16H13ClN4O2/c1-9-10-4-2-3-5-11(10)21-12(13(9)17)8-23-16(22)14-15(18)20-7-6-19-14/h2-7H,8H2,1H3,(H2,18,20). The van der Waals surface area contributed by atoms with Crippen LogP contribution in [0.1, 0.15) is 21.7 Å². The Kier molecular flexibility index (Phi) is 4.08. The van der Waals surface area contributed by atoms with Crippen molar-refractivity contribution in [3.8, 4) is 0 Å². The van der Waals surface area contributed by atoms with Crippen molar-refractivity contribution in [2.24, 2.45) is 0 Å². The molecule has 0 saturated carbocycles. The maximum Gasteiger partial charge on any atom is 0.361 e. The van der Waals surface area contributed by atoms with Gasteiger partial charge in [-0.2, -0.15) is 0 Å². The highest BCUT2D eigenvalue weighted by Gasteiger charge is 2.16. The number of rotatable bonds is 3. The molecule has 0 aliphatic heterocycles. The lowest BCUT2D eigenvalue weighted by atomic mass is 10.1. The molecule has 0 atom stereocenters. The van der Waals surface area contributed by atoms with E-state index < -0.39 is 5.97 Å². The second-order valence-corrected chi connectivity index (χ2v) is 5.26. The van der Waals surface area contributed by atoms with E-state index in [2.05, 4.69) is 15.0 Å². The maximum absolute atomic E-state index is 12.0. The Morgan fingerprint density at radius 2 is 2.00 bits per heavy atom. The van der Waals surface area contributed by atoms with Crippen LogP contribution in [0, 0.1) is 6.92 Å². The number of anilines is 1. The number of pyridine rings is 1. The fraction of sp³-hybridized carbons (Fsp3) is 0.125. The van der Waals surface area contributed by atoms with Gasteiger partial charge in [0.2, 0.25) is 0 Å². The monoisotopic (exact) mass is 328 g/mol. The molecule has 3 rings (SSSR count). The summed E-state index contributed by atoms with van der Waals surface area (Å²) in [4.78, 5) is 24.1. The van der Waals surface area contributed by atoms with Crippen LogP contribution < -0.4 is 5.73 Å². The van der Waals surface area contributed by atoms with Crippen molar-refractivity contribution in [1.29, 1.82) is 0 Å². The molecule has 0 fully saturated rings. The summed E-state index contributed by atoms with van der Waals surface area (Å²) < 4.78 is 5.21. The second-order valence-electron chi connectivity index (χ2n) is 4.88. The summed E-state index contributed by atoms with van der Waals surface area (Å²) in [6.45, 7) is 1.83. The molecular formula is C16H13ClN4O2. The number of aromatic nitrogens is 3. The van der Waals surface area contributed by atoms with Gasteiger partial charge < -0.3 is 10.5 Å². The number of para-hydroxylation sites is 1. The van der Waals surface area contributed by atoms with Crippen molar-refractivity contribution >= 4 is 34.3 Å². The fourth-order valence-electron chi connectivity index (χ4n) is 2.22. The fourth-order valence-corrected chi connectivity index (χ4v) is 2.42. The first-order valence-electron chi connectivity index (χ1n) is 6.85. The van der Waals surface area contributed by atoms with E-state index in [1.165, 1.54) is 12.4 Å². The molecule has 23 heavy (non-hydrogen) atoms. The molecule has 0 radical (unpaired) electrons. The largest absolute Gasteiger partial charge is 0.454 e. The second kappa shape index (κ2) is 6.18. The van der Waals surface area contributed by atoms with E-state index in [4.69, 9.17) is 22.1 Å². The summed E-state index contributed by atoms with van der Waals surface area (Å²) >= 11 is 6.33.